The molecule has 110 valence electrons. The van der Waals surface area contributed by atoms with E-state index in [1.807, 2.05) is 0 Å². The van der Waals surface area contributed by atoms with Gasteiger partial charge in [0.1, 0.15) is 5.75 Å². The summed E-state index contributed by atoms with van der Waals surface area (Å²) in [5.41, 5.74) is -0.156. The Bertz CT molecular complexity index is 683. The quantitative estimate of drug-likeness (QED) is 0.612. The highest BCUT2D eigenvalue weighted by atomic mass is 35.5. The van der Waals surface area contributed by atoms with E-state index in [2.05, 4.69) is 15.0 Å². The van der Waals surface area contributed by atoms with Gasteiger partial charge in [0, 0.05) is 12.1 Å². The van der Waals surface area contributed by atoms with Crippen LogP contribution in [0.2, 0.25) is 10.3 Å². The number of hydrogen-bond donors (Lipinski definition) is 0. The van der Waals surface area contributed by atoms with E-state index in [4.69, 9.17) is 32.7 Å². The van der Waals surface area contributed by atoms with Crippen LogP contribution in [0.3, 0.4) is 0 Å². The molecular formula is C11H8Cl2N4O4. The van der Waals surface area contributed by atoms with Crippen LogP contribution in [0.4, 0.5) is 5.69 Å². The lowest BCUT2D eigenvalue weighted by Gasteiger charge is -2.07. The predicted molar refractivity (Wildman–Crippen MR) is 74.2 cm³/mol. The smallest absolute Gasteiger partial charge is 0.329 e. The molecule has 0 atom stereocenters. The zero-order valence-electron chi connectivity index (χ0n) is 10.6. The fraction of sp³-hybridized carbons (Fsp3) is 0.182. The first-order chi connectivity index (χ1) is 9.99. The van der Waals surface area contributed by atoms with Crippen LogP contribution in [0.25, 0.3) is 0 Å². The van der Waals surface area contributed by atoms with E-state index >= 15 is 0 Å². The summed E-state index contributed by atoms with van der Waals surface area (Å²) in [5, 5.41) is 10.6. The summed E-state index contributed by atoms with van der Waals surface area (Å²) >= 11 is 11.6. The molecule has 0 bridgehead atoms. The Morgan fingerprint density at radius 1 is 1.24 bits per heavy atom. The van der Waals surface area contributed by atoms with Crippen molar-refractivity contribution < 1.29 is 14.4 Å². The van der Waals surface area contributed by atoms with E-state index in [9.17, 15) is 10.1 Å². The summed E-state index contributed by atoms with van der Waals surface area (Å²) in [6.07, 6.45) is 0. The molecule has 2 aromatic rings. The van der Waals surface area contributed by atoms with Gasteiger partial charge >= 0.3 is 12.0 Å². The first-order valence-corrected chi connectivity index (χ1v) is 6.41. The molecule has 8 nitrogen and oxygen atoms in total. The number of halogens is 2. The molecule has 1 aromatic carbocycles. The lowest BCUT2D eigenvalue weighted by atomic mass is 10.3. The molecule has 0 amide bonds. The van der Waals surface area contributed by atoms with Crippen molar-refractivity contribution in [3.05, 3.63) is 38.6 Å². The third-order valence-electron chi connectivity index (χ3n) is 2.17. The van der Waals surface area contributed by atoms with Crippen molar-refractivity contribution in [2.45, 2.75) is 6.92 Å². The molecule has 1 aromatic heterocycles. The van der Waals surface area contributed by atoms with Crippen LogP contribution in [0, 0.1) is 10.1 Å². The van der Waals surface area contributed by atoms with Crippen LogP contribution in [-0.2, 0) is 0 Å². The Morgan fingerprint density at radius 3 is 2.57 bits per heavy atom. The summed E-state index contributed by atoms with van der Waals surface area (Å²) in [6, 6.07) is 3.61. The van der Waals surface area contributed by atoms with Crippen LogP contribution in [-0.4, -0.2) is 26.5 Å². The van der Waals surface area contributed by atoms with Gasteiger partial charge in [0.05, 0.1) is 16.6 Å². The Balaban J connectivity index is 2.27. The van der Waals surface area contributed by atoms with Gasteiger partial charge in [-0.3, -0.25) is 10.1 Å². The van der Waals surface area contributed by atoms with Crippen LogP contribution in [0.1, 0.15) is 6.92 Å². The highest BCUT2D eigenvalue weighted by Gasteiger charge is 2.13. The zero-order chi connectivity index (χ0) is 15.4. The fourth-order valence-corrected chi connectivity index (χ4v) is 1.70. The van der Waals surface area contributed by atoms with Gasteiger partial charge in [-0.15, -0.1) is 4.98 Å². The molecule has 0 saturated heterocycles. The molecule has 0 aliphatic carbocycles. The predicted octanol–water partition coefficient (Wildman–Crippen LogP) is 3.28. The largest absolute Gasteiger partial charge is 0.464 e. The molecule has 1 heterocycles. The number of nitro groups is 1. The number of nitrogens with zero attached hydrogens (tertiary/aromatic N) is 4. The maximum Gasteiger partial charge on any atom is 0.329 e. The minimum atomic E-state index is -0.567. The average molecular weight is 331 g/mol. The molecule has 0 aliphatic heterocycles. The molecule has 0 radical (unpaired) electrons. The van der Waals surface area contributed by atoms with E-state index in [1.54, 1.807) is 6.92 Å². The highest BCUT2D eigenvalue weighted by molar-refractivity contribution is 6.32. The van der Waals surface area contributed by atoms with Crippen LogP contribution >= 0.6 is 23.2 Å². The van der Waals surface area contributed by atoms with Gasteiger partial charge in [-0.2, -0.15) is 9.97 Å². The van der Waals surface area contributed by atoms with Crippen molar-refractivity contribution in [2.75, 3.05) is 6.61 Å². The average Bonchev–Trinajstić information content (AvgIpc) is 2.40. The van der Waals surface area contributed by atoms with E-state index < -0.39 is 4.92 Å². The molecule has 2 rings (SSSR count). The molecular weight excluding hydrogens is 323 g/mol. The molecule has 0 fully saturated rings. The number of benzene rings is 1. The number of hydrogen-bond acceptors (Lipinski definition) is 7. The van der Waals surface area contributed by atoms with Crippen molar-refractivity contribution in [1.29, 1.82) is 0 Å². The van der Waals surface area contributed by atoms with Gasteiger partial charge < -0.3 is 9.47 Å². The molecule has 0 spiro atoms. The van der Waals surface area contributed by atoms with Crippen molar-refractivity contribution in [3.8, 4) is 17.8 Å². The first-order valence-electron chi connectivity index (χ1n) is 5.65. The number of ether oxygens (including phenoxy) is 2. The van der Waals surface area contributed by atoms with Crippen LogP contribution in [0.5, 0.6) is 17.8 Å². The summed E-state index contributed by atoms with van der Waals surface area (Å²) < 4.78 is 10.4. The fourth-order valence-electron chi connectivity index (χ4n) is 1.34. The van der Waals surface area contributed by atoms with Crippen molar-refractivity contribution in [3.63, 3.8) is 0 Å². The Labute approximate surface area is 128 Å². The van der Waals surface area contributed by atoms with Crippen molar-refractivity contribution >= 4 is 28.9 Å². The van der Waals surface area contributed by atoms with Crippen LogP contribution in [0.15, 0.2) is 18.2 Å². The second-order valence-corrected chi connectivity index (χ2v) is 4.32. The number of non-ortho nitro benzene ring substituents is 1. The second kappa shape index (κ2) is 6.51. The number of aromatic nitrogens is 3. The van der Waals surface area contributed by atoms with Crippen LogP contribution < -0.4 is 9.47 Å². The highest BCUT2D eigenvalue weighted by Crippen LogP contribution is 2.31. The monoisotopic (exact) mass is 330 g/mol. The third kappa shape index (κ3) is 3.89. The van der Waals surface area contributed by atoms with Crippen molar-refractivity contribution in [1.82, 2.24) is 15.0 Å². The Morgan fingerprint density at radius 2 is 1.95 bits per heavy atom. The SMILES string of the molecule is CCOc1nc(Cl)nc(Oc2ccc([N+](=O)[O-])cc2Cl)n1. The number of nitro benzene ring substituents is 1. The number of rotatable bonds is 5. The molecule has 21 heavy (non-hydrogen) atoms. The molecule has 0 N–H and O–H groups in total. The molecule has 0 unspecified atom stereocenters. The minimum Gasteiger partial charge on any atom is -0.464 e. The standard InChI is InChI=1S/C11H8Cl2N4O4/c1-2-20-10-14-9(13)15-11(16-10)21-8-4-3-6(17(18)19)5-7(8)12/h3-5H,2H2,1H3. The second-order valence-electron chi connectivity index (χ2n) is 3.58. The van der Waals surface area contributed by atoms with Gasteiger partial charge in [0.15, 0.2) is 0 Å². The van der Waals surface area contributed by atoms with Gasteiger partial charge in [-0.25, -0.2) is 0 Å². The molecule has 0 aliphatic rings. The van der Waals surface area contributed by atoms with Gasteiger partial charge in [0.2, 0.25) is 5.28 Å². The lowest BCUT2D eigenvalue weighted by Crippen LogP contribution is -2.01. The summed E-state index contributed by atoms with van der Waals surface area (Å²) in [4.78, 5) is 21.4. The lowest BCUT2D eigenvalue weighted by molar-refractivity contribution is -0.384. The van der Waals surface area contributed by atoms with Gasteiger partial charge in [-0.1, -0.05) is 11.6 Å². The van der Waals surface area contributed by atoms with E-state index in [0.717, 1.165) is 6.07 Å². The van der Waals surface area contributed by atoms with Gasteiger partial charge in [0.25, 0.3) is 5.69 Å². The minimum absolute atomic E-state index is 0.00512. The molecule has 10 heteroatoms. The van der Waals surface area contributed by atoms with Gasteiger partial charge in [-0.05, 0) is 24.6 Å². The Hall–Kier alpha value is -2.19. The Kier molecular flexibility index (Phi) is 4.71. The first kappa shape index (κ1) is 15.2. The van der Waals surface area contributed by atoms with E-state index in [1.165, 1.54) is 12.1 Å². The zero-order valence-corrected chi connectivity index (χ0v) is 12.1. The van der Waals surface area contributed by atoms with E-state index in [0.29, 0.717) is 6.61 Å². The normalized spacial score (nSPS) is 10.2. The maximum absolute atomic E-state index is 10.6. The maximum atomic E-state index is 10.6. The summed E-state index contributed by atoms with van der Waals surface area (Å²) in [5.74, 6) is 0.145. The topological polar surface area (TPSA) is 100 Å². The molecule has 0 saturated carbocycles. The summed E-state index contributed by atoms with van der Waals surface area (Å²) in [7, 11) is 0. The van der Waals surface area contributed by atoms with E-state index in [-0.39, 0.29) is 33.8 Å². The van der Waals surface area contributed by atoms with Crippen molar-refractivity contribution in [2.24, 2.45) is 0 Å². The summed E-state index contributed by atoms with van der Waals surface area (Å²) in [6.45, 7) is 2.10. The third-order valence-corrected chi connectivity index (χ3v) is 2.63.